The van der Waals surface area contributed by atoms with E-state index in [1.54, 1.807) is 0 Å². The van der Waals surface area contributed by atoms with E-state index in [4.69, 9.17) is 4.42 Å². The molecule has 0 saturated heterocycles. The zero-order valence-corrected chi connectivity index (χ0v) is 27.3. The summed E-state index contributed by atoms with van der Waals surface area (Å²) in [6.45, 7) is 0. The molecule has 0 saturated carbocycles. The van der Waals surface area contributed by atoms with E-state index in [0.717, 1.165) is 50.1 Å². The molecule has 0 N–H and O–H groups in total. The van der Waals surface area contributed by atoms with Gasteiger partial charge in [-0.15, -0.1) is 11.3 Å². The predicted molar refractivity (Wildman–Crippen MR) is 210 cm³/mol. The van der Waals surface area contributed by atoms with E-state index in [1.165, 1.54) is 42.1 Å². The summed E-state index contributed by atoms with van der Waals surface area (Å²) in [5, 5.41) is 7.38. The number of furan rings is 1. The van der Waals surface area contributed by atoms with E-state index in [2.05, 4.69) is 169 Å². The molecule has 8 aromatic carbocycles. The van der Waals surface area contributed by atoms with Gasteiger partial charge in [-0.3, -0.25) is 0 Å². The number of hydrogen-bond donors (Lipinski definition) is 0. The highest BCUT2D eigenvalue weighted by atomic mass is 32.1. The van der Waals surface area contributed by atoms with Crippen molar-refractivity contribution in [1.29, 1.82) is 0 Å². The number of thiophene rings is 1. The summed E-state index contributed by atoms with van der Waals surface area (Å²) in [5.41, 5.74) is 9.80. The molecule has 0 amide bonds. The van der Waals surface area contributed by atoms with E-state index in [-0.39, 0.29) is 0 Å². The molecule has 0 spiro atoms. The lowest BCUT2D eigenvalue weighted by molar-refractivity contribution is 0.670. The van der Waals surface area contributed by atoms with Crippen molar-refractivity contribution < 1.29 is 4.42 Å². The van der Waals surface area contributed by atoms with Gasteiger partial charge in [-0.2, -0.15) is 0 Å². The molecule has 0 unspecified atom stereocenters. The van der Waals surface area contributed by atoms with E-state index in [1.807, 2.05) is 23.5 Å². The molecule has 2 nitrogen and oxygen atoms in total. The monoisotopic (exact) mass is 643 g/mol. The molecule has 10 rings (SSSR count). The Hall–Kier alpha value is -6.16. The van der Waals surface area contributed by atoms with E-state index >= 15 is 0 Å². The second kappa shape index (κ2) is 11.2. The SMILES string of the molecule is c1ccc2cc(N(c3ccc(-c4ccc5c(c4)sc4ccccc45)cc3)c3ccc(-c4cccc5c4oc4ccccc45)cc3)ccc2c1. The fourth-order valence-corrected chi connectivity index (χ4v) is 8.38. The normalized spacial score (nSPS) is 11.7. The van der Waals surface area contributed by atoms with Crippen LogP contribution in [0.1, 0.15) is 0 Å². The largest absolute Gasteiger partial charge is 0.455 e. The Kier molecular flexibility index (Phi) is 6.39. The van der Waals surface area contributed by atoms with Gasteiger partial charge in [-0.1, -0.05) is 121 Å². The van der Waals surface area contributed by atoms with Crippen molar-refractivity contribution in [1.82, 2.24) is 0 Å². The first-order valence-corrected chi connectivity index (χ1v) is 17.4. The molecule has 0 radical (unpaired) electrons. The van der Waals surface area contributed by atoms with Crippen LogP contribution in [-0.2, 0) is 0 Å². The first-order valence-electron chi connectivity index (χ1n) is 16.6. The second-order valence-electron chi connectivity index (χ2n) is 12.6. The second-order valence-corrected chi connectivity index (χ2v) is 13.6. The van der Waals surface area contributed by atoms with Gasteiger partial charge in [0.2, 0.25) is 0 Å². The lowest BCUT2D eigenvalue weighted by Crippen LogP contribution is -2.09. The average molecular weight is 644 g/mol. The smallest absolute Gasteiger partial charge is 0.143 e. The molecule has 2 aromatic heterocycles. The first-order chi connectivity index (χ1) is 24.3. The molecule has 0 aliphatic rings. The van der Waals surface area contributed by atoms with E-state index < -0.39 is 0 Å². The van der Waals surface area contributed by atoms with Gasteiger partial charge in [0.15, 0.2) is 0 Å². The van der Waals surface area contributed by atoms with Gasteiger partial charge in [0.05, 0.1) is 0 Å². The minimum Gasteiger partial charge on any atom is -0.455 e. The Balaban J connectivity index is 1.05. The van der Waals surface area contributed by atoms with Crippen LogP contribution in [0.2, 0.25) is 0 Å². The van der Waals surface area contributed by atoms with Gasteiger partial charge in [-0.25, -0.2) is 0 Å². The van der Waals surface area contributed by atoms with Crippen LogP contribution in [0.15, 0.2) is 180 Å². The van der Waals surface area contributed by atoms with Gasteiger partial charge in [0, 0.05) is 53.6 Å². The molecule has 3 heteroatoms. The minimum atomic E-state index is 0.913. The fourth-order valence-electron chi connectivity index (χ4n) is 7.24. The summed E-state index contributed by atoms with van der Waals surface area (Å²) < 4.78 is 9.02. The summed E-state index contributed by atoms with van der Waals surface area (Å²) in [6.07, 6.45) is 0. The van der Waals surface area contributed by atoms with E-state index in [9.17, 15) is 0 Å². The van der Waals surface area contributed by atoms with Crippen molar-refractivity contribution in [2.75, 3.05) is 4.90 Å². The van der Waals surface area contributed by atoms with Crippen LogP contribution in [0.3, 0.4) is 0 Å². The Morgan fingerprint density at radius 3 is 1.86 bits per heavy atom. The Labute approximate surface area is 287 Å². The van der Waals surface area contributed by atoms with Crippen LogP contribution in [-0.4, -0.2) is 0 Å². The summed E-state index contributed by atoms with van der Waals surface area (Å²) >= 11 is 1.86. The third kappa shape index (κ3) is 4.70. The molecule has 0 fully saturated rings. The Bertz CT molecular complexity index is 2820. The third-order valence-electron chi connectivity index (χ3n) is 9.67. The van der Waals surface area contributed by atoms with Crippen molar-refractivity contribution >= 4 is 81.3 Å². The lowest BCUT2D eigenvalue weighted by atomic mass is 10.0. The quantitative estimate of drug-likeness (QED) is 0.186. The first kappa shape index (κ1) is 27.9. The number of benzene rings is 8. The standard InChI is InChI=1S/C46H29NOS/c1-2-9-33-28-37(26-18-30(33)8-1)47(35-22-16-31(17-23-35)34-21-27-41-40-11-4-6-15-44(40)49-45(41)29-34)36-24-19-32(20-25-36)38-12-7-13-42-39-10-3-5-14-43(39)48-46(38)42/h1-29H. The molecular weight excluding hydrogens is 615 g/mol. The maximum Gasteiger partial charge on any atom is 0.143 e. The summed E-state index contributed by atoms with van der Waals surface area (Å²) in [6, 6.07) is 63.3. The summed E-state index contributed by atoms with van der Waals surface area (Å²) in [7, 11) is 0. The van der Waals surface area contributed by atoms with Crippen molar-refractivity contribution in [3.05, 3.63) is 176 Å². The van der Waals surface area contributed by atoms with Gasteiger partial charge >= 0.3 is 0 Å². The van der Waals surface area contributed by atoms with Crippen LogP contribution < -0.4 is 4.90 Å². The molecule has 2 heterocycles. The van der Waals surface area contributed by atoms with Crippen molar-refractivity contribution in [2.24, 2.45) is 0 Å². The van der Waals surface area contributed by atoms with Gasteiger partial charge in [-0.05, 0) is 82.1 Å². The fraction of sp³-hybridized carbons (Fsp3) is 0. The zero-order valence-electron chi connectivity index (χ0n) is 26.5. The summed E-state index contributed by atoms with van der Waals surface area (Å²) in [4.78, 5) is 2.34. The number of para-hydroxylation sites is 2. The van der Waals surface area contributed by atoms with E-state index in [0.29, 0.717) is 0 Å². The molecule has 0 bridgehead atoms. The van der Waals surface area contributed by atoms with Gasteiger partial charge < -0.3 is 9.32 Å². The van der Waals surface area contributed by atoms with Crippen molar-refractivity contribution in [3.8, 4) is 22.3 Å². The van der Waals surface area contributed by atoms with Crippen LogP contribution in [0.5, 0.6) is 0 Å². The highest BCUT2D eigenvalue weighted by Crippen LogP contribution is 2.41. The lowest BCUT2D eigenvalue weighted by Gasteiger charge is -2.26. The molecule has 49 heavy (non-hydrogen) atoms. The maximum absolute atomic E-state index is 6.37. The maximum atomic E-state index is 6.37. The van der Waals surface area contributed by atoms with Crippen LogP contribution in [0, 0.1) is 0 Å². The topological polar surface area (TPSA) is 16.4 Å². The van der Waals surface area contributed by atoms with Crippen LogP contribution in [0.25, 0.3) is 75.1 Å². The highest BCUT2D eigenvalue weighted by Gasteiger charge is 2.16. The van der Waals surface area contributed by atoms with Crippen molar-refractivity contribution in [3.63, 3.8) is 0 Å². The molecule has 0 atom stereocenters. The zero-order chi connectivity index (χ0) is 32.3. The number of anilines is 3. The minimum absolute atomic E-state index is 0.913. The molecule has 10 aromatic rings. The summed E-state index contributed by atoms with van der Waals surface area (Å²) in [5.74, 6) is 0. The molecule has 0 aliphatic carbocycles. The predicted octanol–water partition coefficient (Wildman–Crippen LogP) is 13.9. The molecule has 0 aliphatic heterocycles. The van der Waals surface area contributed by atoms with Crippen molar-refractivity contribution in [2.45, 2.75) is 0 Å². The molecule has 230 valence electrons. The highest BCUT2D eigenvalue weighted by molar-refractivity contribution is 7.25. The van der Waals surface area contributed by atoms with Crippen LogP contribution in [0.4, 0.5) is 17.1 Å². The average Bonchev–Trinajstić information content (AvgIpc) is 3.74. The van der Waals surface area contributed by atoms with Gasteiger partial charge in [0.25, 0.3) is 0 Å². The number of hydrogen-bond acceptors (Lipinski definition) is 3. The number of rotatable bonds is 5. The van der Waals surface area contributed by atoms with Gasteiger partial charge in [0.1, 0.15) is 11.2 Å². The third-order valence-corrected chi connectivity index (χ3v) is 10.8. The number of nitrogens with zero attached hydrogens (tertiary/aromatic N) is 1. The Morgan fingerprint density at radius 2 is 1.02 bits per heavy atom. The number of fused-ring (bicyclic) bond motifs is 7. The Morgan fingerprint density at radius 1 is 0.388 bits per heavy atom. The van der Waals surface area contributed by atoms with Crippen LogP contribution >= 0.6 is 11.3 Å². The molecular formula is C46H29NOS.